The van der Waals surface area contributed by atoms with E-state index in [2.05, 4.69) is 0 Å². The number of piperazine rings is 1. The van der Waals surface area contributed by atoms with Crippen LogP contribution in [0.1, 0.15) is 23.0 Å². The third kappa shape index (κ3) is 4.73. The molecule has 1 fully saturated rings. The number of amides is 2. The van der Waals surface area contributed by atoms with Crippen LogP contribution in [0.4, 0.5) is 9.18 Å². The highest BCUT2D eigenvalue weighted by Crippen LogP contribution is 2.31. The Morgan fingerprint density at radius 2 is 1.58 bits per heavy atom. The molecule has 2 amide bonds. The third-order valence-corrected chi connectivity index (χ3v) is 6.05. The van der Waals surface area contributed by atoms with E-state index in [1.54, 1.807) is 41.0 Å². The summed E-state index contributed by atoms with van der Waals surface area (Å²) in [6.07, 6.45) is -0.353. The van der Waals surface area contributed by atoms with Crippen LogP contribution in [-0.2, 0) is 4.74 Å². The van der Waals surface area contributed by atoms with Crippen LogP contribution in [0.15, 0.2) is 54.6 Å². The Bertz CT molecular complexity index is 1150. The summed E-state index contributed by atoms with van der Waals surface area (Å²) in [4.78, 5) is 28.8. The van der Waals surface area contributed by atoms with E-state index in [-0.39, 0.29) is 17.8 Å². The molecule has 1 saturated heterocycles. The number of rotatable bonds is 4. The quantitative estimate of drug-likeness (QED) is 0.530. The molecule has 8 heteroatoms. The second-order valence-corrected chi connectivity index (χ2v) is 8.26. The van der Waals surface area contributed by atoms with Crippen molar-refractivity contribution in [1.29, 1.82) is 0 Å². The summed E-state index contributed by atoms with van der Waals surface area (Å²) in [6.45, 7) is 5.67. The molecule has 1 aliphatic heterocycles. The Balaban J connectivity index is 1.67. The molecular formula is C25H25ClFN3O3. The number of hydrogen-bond acceptors (Lipinski definition) is 3. The van der Waals surface area contributed by atoms with E-state index < -0.39 is 0 Å². The number of hydrogen-bond donors (Lipinski definition) is 0. The molecule has 3 aromatic rings. The fourth-order valence-electron chi connectivity index (χ4n) is 4.06. The van der Waals surface area contributed by atoms with Gasteiger partial charge in [0.15, 0.2) is 0 Å². The van der Waals surface area contributed by atoms with E-state index in [9.17, 15) is 14.0 Å². The Kier molecular flexibility index (Phi) is 6.70. The first-order chi connectivity index (χ1) is 15.9. The Labute approximate surface area is 197 Å². The Morgan fingerprint density at radius 1 is 0.970 bits per heavy atom. The first kappa shape index (κ1) is 22.9. The average molecular weight is 470 g/mol. The zero-order valence-corrected chi connectivity index (χ0v) is 19.3. The topological polar surface area (TPSA) is 54.8 Å². The number of aromatic nitrogens is 1. The van der Waals surface area contributed by atoms with E-state index in [1.165, 1.54) is 12.1 Å². The normalized spacial score (nSPS) is 13.8. The highest BCUT2D eigenvalue weighted by atomic mass is 35.5. The van der Waals surface area contributed by atoms with Crippen molar-refractivity contribution >= 4 is 23.6 Å². The van der Waals surface area contributed by atoms with Gasteiger partial charge in [0.25, 0.3) is 5.91 Å². The molecule has 2 heterocycles. The minimum absolute atomic E-state index is 0.105. The molecule has 0 N–H and O–H groups in total. The highest BCUT2D eigenvalue weighted by molar-refractivity contribution is 6.30. The lowest BCUT2D eigenvalue weighted by atomic mass is 10.1. The number of carbonyl (C=O) groups excluding carboxylic acids is 2. The summed E-state index contributed by atoms with van der Waals surface area (Å²) in [5.41, 5.74) is 3.77. The molecule has 1 aliphatic rings. The van der Waals surface area contributed by atoms with Crippen LogP contribution in [-0.4, -0.2) is 59.2 Å². The minimum atomic E-state index is -0.353. The maximum absolute atomic E-state index is 13.6. The van der Waals surface area contributed by atoms with Crippen molar-refractivity contribution in [2.45, 2.75) is 13.8 Å². The second-order valence-electron chi connectivity index (χ2n) is 7.83. The first-order valence-electron chi connectivity index (χ1n) is 10.8. The van der Waals surface area contributed by atoms with Gasteiger partial charge in [0, 0.05) is 42.6 Å². The van der Waals surface area contributed by atoms with Gasteiger partial charge in [-0.05, 0) is 61.9 Å². The number of carbonyl (C=O) groups is 2. The molecule has 0 unspecified atom stereocenters. The number of benzene rings is 2. The second kappa shape index (κ2) is 9.67. The van der Waals surface area contributed by atoms with Crippen molar-refractivity contribution in [3.05, 3.63) is 76.7 Å². The molecule has 2 aromatic carbocycles. The minimum Gasteiger partial charge on any atom is -0.450 e. The number of ether oxygens (including phenoxy) is 1. The van der Waals surface area contributed by atoms with Crippen LogP contribution in [0.25, 0.3) is 16.9 Å². The van der Waals surface area contributed by atoms with E-state index >= 15 is 0 Å². The molecule has 0 bridgehead atoms. The van der Waals surface area contributed by atoms with Gasteiger partial charge in [0.05, 0.1) is 17.9 Å². The standard InChI is InChI=1S/C25H25ClFN3O3/c1-3-33-25(32)29-14-12-28(13-15-29)24(31)22-16-23(18-4-6-19(26)7-5-18)30(17(22)2)21-10-8-20(27)9-11-21/h4-11,16H,3,12-15H2,1-2H3. The van der Waals surface area contributed by atoms with Crippen LogP contribution >= 0.6 is 11.6 Å². The van der Waals surface area contributed by atoms with Gasteiger partial charge >= 0.3 is 6.09 Å². The third-order valence-electron chi connectivity index (χ3n) is 5.80. The summed E-state index contributed by atoms with van der Waals surface area (Å²) in [5, 5.41) is 0.617. The van der Waals surface area contributed by atoms with Crippen molar-refractivity contribution in [3.63, 3.8) is 0 Å². The summed E-state index contributed by atoms with van der Waals surface area (Å²) >= 11 is 6.07. The molecule has 0 saturated carbocycles. The fraction of sp³-hybridized carbons (Fsp3) is 0.280. The molecule has 33 heavy (non-hydrogen) atoms. The smallest absolute Gasteiger partial charge is 0.409 e. The first-order valence-corrected chi connectivity index (χ1v) is 11.2. The molecule has 0 aliphatic carbocycles. The predicted molar refractivity (Wildman–Crippen MR) is 125 cm³/mol. The van der Waals surface area contributed by atoms with Gasteiger partial charge in [-0.15, -0.1) is 0 Å². The van der Waals surface area contributed by atoms with Crippen molar-refractivity contribution in [1.82, 2.24) is 14.4 Å². The molecule has 172 valence electrons. The van der Waals surface area contributed by atoms with Crippen LogP contribution in [0, 0.1) is 12.7 Å². The molecule has 0 atom stereocenters. The summed E-state index contributed by atoms with van der Waals surface area (Å²) in [5.74, 6) is -0.431. The lowest BCUT2D eigenvalue weighted by Crippen LogP contribution is -2.50. The lowest BCUT2D eigenvalue weighted by Gasteiger charge is -2.34. The van der Waals surface area contributed by atoms with Crippen molar-refractivity contribution in [3.8, 4) is 16.9 Å². The average Bonchev–Trinajstić information content (AvgIpc) is 3.17. The largest absolute Gasteiger partial charge is 0.450 e. The SMILES string of the molecule is CCOC(=O)N1CCN(C(=O)c2cc(-c3ccc(Cl)cc3)n(-c3ccc(F)cc3)c2C)CC1. The molecule has 4 rings (SSSR count). The molecular weight excluding hydrogens is 445 g/mol. The van der Waals surface area contributed by atoms with Crippen molar-refractivity contribution < 1.29 is 18.7 Å². The van der Waals surface area contributed by atoms with Crippen LogP contribution < -0.4 is 0 Å². The zero-order chi connectivity index (χ0) is 23.5. The summed E-state index contributed by atoms with van der Waals surface area (Å²) < 4.78 is 20.6. The Hall–Kier alpha value is -3.32. The van der Waals surface area contributed by atoms with Gasteiger partial charge in [-0.25, -0.2) is 9.18 Å². The Morgan fingerprint density at radius 3 is 2.18 bits per heavy atom. The summed E-state index contributed by atoms with van der Waals surface area (Å²) in [7, 11) is 0. The van der Waals surface area contributed by atoms with E-state index in [4.69, 9.17) is 16.3 Å². The van der Waals surface area contributed by atoms with Crippen molar-refractivity contribution in [2.75, 3.05) is 32.8 Å². The van der Waals surface area contributed by atoms with Gasteiger partial charge < -0.3 is 19.1 Å². The van der Waals surface area contributed by atoms with Gasteiger partial charge in [-0.1, -0.05) is 23.7 Å². The number of nitrogens with zero attached hydrogens (tertiary/aromatic N) is 3. The van der Waals surface area contributed by atoms with E-state index in [1.807, 2.05) is 29.7 Å². The molecule has 0 radical (unpaired) electrons. The molecule has 1 aromatic heterocycles. The lowest BCUT2D eigenvalue weighted by molar-refractivity contribution is 0.0570. The molecule has 0 spiro atoms. The maximum Gasteiger partial charge on any atom is 0.409 e. The zero-order valence-electron chi connectivity index (χ0n) is 18.6. The van der Waals surface area contributed by atoms with Crippen LogP contribution in [0.5, 0.6) is 0 Å². The van der Waals surface area contributed by atoms with E-state index in [0.717, 1.165) is 22.6 Å². The monoisotopic (exact) mass is 469 g/mol. The molecule has 6 nitrogen and oxygen atoms in total. The fourth-order valence-corrected chi connectivity index (χ4v) is 4.18. The predicted octanol–water partition coefficient (Wildman–Crippen LogP) is 5.16. The van der Waals surface area contributed by atoms with E-state index in [0.29, 0.717) is 43.4 Å². The highest BCUT2D eigenvalue weighted by Gasteiger charge is 2.28. The van der Waals surface area contributed by atoms with Gasteiger partial charge in [-0.2, -0.15) is 0 Å². The van der Waals surface area contributed by atoms with Crippen LogP contribution in [0.2, 0.25) is 5.02 Å². The van der Waals surface area contributed by atoms with Gasteiger partial charge in [0.2, 0.25) is 0 Å². The maximum atomic E-state index is 13.6. The summed E-state index contributed by atoms with van der Waals surface area (Å²) in [6, 6.07) is 15.4. The number of halogens is 2. The van der Waals surface area contributed by atoms with Gasteiger partial charge in [0.1, 0.15) is 5.82 Å². The van der Waals surface area contributed by atoms with Gasteiger partial charge in [-0.3, -0.25) is 4.79 Å². The van der Waals surface area contributed by atoms with Crippen LogP contribution in [0.3, 0.4) is 0 Å². The van der Waals surface area contributed by atoms with Crippen molar-refractivity contribution in [2.24, 2.45) is 0 Å².